The lowest BCUT2D eigenvalue weighted by molar-refractivity contribution is -0.109. The normalized spacial score (nSPS) is 24.5. The summed E-state index contributed by atoms with van der Waals surface area (Å²) in [5, 5.41) is 2.63. The summed E-state index contributed by atoms with van der Waals surface area (Å²) in [7, 11) is 0. The molecule has 0 unspecified atom stereocenters. The SMILES string of the molecule is O=CNCc1ccc(C(=O)N2CC3CCC(CC3)C2)cc1. The van der Waals surface area contributed by atoms with Gasteiger partial charge < -0.3 is 10.2 Å². The quantitative estimate of drug-likeness (QED) is 0.863. The Hall–Kier alpha value is -1.84. The molecule has 4 nitrogen and oxygen atoms in total. The zero-order chi connectivity index (χ0) is 14.7. The first-order valence-electron chi connectivity index (χ1n) is 7.81. The van der Waals surface area contributed by atoms with Crippen molar-refractivity contribution < 1.29 is 9.59 Å². The molecule has 4 heteroatoms. The van der Waals surface area contributed by atoms with E-state index in [9.17, 15) is 9.59 Å². The van der Waals surface area contributed by atoms with Crippen LogP contribution in [0.2, 0.25) is 0 Å². The molecule has 2 aliphatic heterocycles. The van der Waals surface area contributed by atoms with Crippen LogP contribution < -0.4 is 5.32 Å². The lowest BCUT2D eigenvalue weighted by atomic mass is 9.84. The fraction of sp³-hybridized carbons (Fsp3) is 0.529. The summed E-state index contributed by atoms with van der Waals surface area (Å²) in [6, 6.07) is 7.57. The summed E-state index contributed by atoms with van der Waals surface area (Å²) in [4.78, 5) is 25.0. The molecule has 1 aromatic carbocycles. The number of benzene rings is 1. The van der Waals surface area contributed by atoms with Crippen LogP contribution in [0, 0.1) is 11.8 Å². The summed E-state index contributed by atoms with van der Waals surface area (Å²) in [6.07, 6.45) is 5.82. The fourth-order valence-corrected chi connectivity index (χ4v) is 3.57. The molecule has 2 saturated heterocycles. The molecule has 1 N–H and O–H groups in total. The van der Waals surface area contributed by atoms with Crippen LogP contribution in [-0.2, 0) is 11.3 Å². The average Bonchev–Trinajstić information content (AvgIpc) is 2.86. The lowest BCUT2D eigenvalue weighted by Crippen LogP contribution is -2.34. The van der Waals surface area contributed by atoms with Crippen molar-refractivity contribution in [1.82, 2.24) is 10.2 Å². The molecule has 2 heterocycles. The van der Waals surface area contributed by atoms with Gasteiger partial charge in [0.25, 0.3) is 5.91 Å². The molecule has 0 atom stereocenters. The average molecular weight is 286 g/mol. The van der Waals surface area contributed by atoms with E-state index < -0.39 is 0 Å². The molecule has 1 aromatic rings. The van der Waals surface area contributed by atoms with Gasteiger partial charge in [-0.1, -0.05) is 12.1 Å². The Balaban J connectivity index is 1.68. The third kappa shape index (κ3) is 3.26. The van der Waals surface area contributed by atoms with Gasteiger partial charge in [-0.15, -0.1) is 0 Å². The monoisotopic (exact) mass is 286 g/mol. The lowest BCUT2D eigenvalue weighted by Gasteiger charge is -2.22. The maximum atomic E-state index is 12.7. The van der Waals surface area contributed by atoms with Crippen molar-refractivity contribution in [3.8, 4) is 0 Å². The Morgan fingerprint density at radius 1 is 1.10 bits per heavy atom. The first-order valence-corrected chi connectivity index (χ1v) is 7.81. The highest BCUT2D eigenvalue weighted by Crippen LogP contribution is 2.34. The fourth-order valence-electron chi connectivity index (χ4n) is 3.57. The van der Waals surface area contributed by atoms with Crippen LogP contribution in [0.3, 0.4) is 0 Å². The van der Waals surface area contributed by atoms with Crippen molar-refractivity contribution >= 4 is 12.3 Å². The van der Waals surface area contributed by atoms with E-state index in [0.29, 0.717) is 24.8 Å². The van der Waals surface area contributed by atoms with E-state index in [4.69, 9.17) is 0 Å². The maximum Gasteiger partial charge on any atom is 0.253 e. The number of hydrogen-bond acceptors (Lipinski definition) is 2. The molecule has 0 radical (unpaired) electrons. The number of rotatable bonds is 4. The van der Waals surface area contributed by atoms with Crippen molar-refractivity contribution in [2.75, 3.05) is 13.1 Å². The minimum Gasteiger partial charge on any atom is -0.355 e. The molecule has 1 aliphatic carbocycles. The molecular formula is C17H22N2O2. The molecular weight excluding hydrogens is 264 g/mol. The van der Waals surface area contributed by atoms with E-state index in [1.807, 2.05) is 29.2 Å². The number of nitrogens with zero attached hydrogens (tertiary/aromatic N) is 1. The van der Waals surface area contributed by atoms with E-state index in [2.05, 4.69) is 5.32 Å². The van der Waals surface area contributed by atoms with Gasteiger partial charge in [0.1, 0.15) is 0 Å². The number of hydrogen-bond donors (Lipinski definition) is 1. The first kappa shape index (κ1) is 14.1. The van der Waals surface area contributed by atoms with Crippen molar-refractivity contribution in [3.05, 3.63) is 35.4 Å². The standard InChI is InChI=1S/C17H22N2O2/c20-12-18-9-13-5-7-16(8-6-13)17(21)19-10-14-1-2-15(11-19)4-3-14/h5-8,12,14-15H,1-4,9-11H2,(H,18,20). The Kier molecular flexibility index (Phi) is 4.23. The predicted molar refractivity (Wildman–Crippen MR) is 80.7 cm³/mol. The molecule has 3 aliphatic rings. The molecule has 4 rings (SSSR count). The summed E-state index contributed by atoms with van der Waals surface area (Å²) in [5.74, 6) is 1.55. The molecule has 21 heavy (non-hydrogen) atoms. The third-order valence-electron chi connectivity index (χ3n) is 4.80. The zero-order valence-electron chi connectivity index (χ0n) is 12.3. The summed E-state index contributed by atoms with van der Waals surface area (Å²) < 4.78 is 0. The second-order valence-corrected chi connectivity index (χ2v) is 6.29. The van der Waals surface area contributed by atoms with E-state index in [1.54, 1.807) is 0 Å². The molecule has 2 bridgehead atoms. The minimum absolute atomic E-state index is 0.156. The number of nitrogens with one attached hydrogen (secondary N) is 1. The van der Waals surface area contributed by atoms with E-state index in [-0.39, 0.29) is 5.91 Å². The molecule has 112 valence electrons. The second-order valence-electron chi connectivity index (χ2n) is 6.29. The summed E-state index contributed by atoms with van der Waals surface area (Å²) >= 11 is 0. The minimum atomic E-state index is 0.156. The summed E-state index contributed by atoms with van der Waals surface area (Å²) in [5.41, 5.74) is 1.76. The van der Waals surface area contributed by atoms with Gasteiger partial charge in [-0.25, -0.2) is 0 Å². The van der Waals surface area contributed by atoms with Crippen LogP contribution in [0.5, 0.6) is 0 Å². The van der Waals surface area contributed by atoms with Crippen LogP contribution in [-0.4, -0.2) is 30.3 Å². The number of amides is 2. The van der Waals surface area contributed by atoms with Crippen LogP contribution in [0.25, 0.3) is 0 Å². The number of fused-ring (bicyclic) bond motifs is 4. The van der Waals surface area contributed by atoms with Gasteiger partial charge in [0.05, 0.1) is 0 Å². The van der Waals surface area contributed by atoms with Crippen molar-refractivity contribution in [2.24, 2.45) is 11.8 Å². The van der Waals surface area contributed by atoms with Gasteiger partial charge in [0.2, 0.25) is 6.41 Å². The summed E-state index contributed by atoms with van der Waals surface area (Å²) in [6.45, 7) is 2.35. The van der Waals surface area contributed by atoms with E-state index in [0.717, 1.165) is 24.2 Å². The van der Waals surface area contributed by atoms with Gasteiger partial charge >= 0.3 is 0 Å². The second kappa shape index (κ2) is 6.29. The molecule has 0 aromatic heterocycles. The molecule has 3 fully saturated rings. The van der Waals surface area contributed by atoms with Crippen LogP contribution in [0.15, 0.2) is 24.3 Å². The van der Waals surface area contributed by atoms with Gasteiger partial charge in [-0.2, -0.15) is 0 Å². The van der Waals surface area contributed by atoms with Crippen molar-refractivity contribution in [3.63, 3.8) is 0 Å². The van der Waals surface area contributed by atoms with Gasteiger partial charge in [0.15, 0.2) is 0 Å². The van der Waals surface area contributed by atoms with Crippen LogP contribution >= 0.6 is 0 Å². The van der Waals surface area contributed by atoms with Crippen molar-refractivity contribution in [2.45, 2.75) is 32.2 Å². The highest BCUT2D eigenvalue weighted by atomic mass is 16.2. The number of carbonyl (C=O) groups is 2. The molecule has 2 amide bonds. The highest BCUT2D eigenvalue weighted by molar-refractivity contribution is 5.94. The van der Waals surface area contributed by atoms with E-state index >= 15 is 0 Å². The Morgan fingerprint density at radius 2 is 1.67 bits per heavy atom. The Morgan fingerprint density at radius 3 is 2.19 bits per heavy atom. The number of carbonyl (C=O) groups excluding carboxylic acids is 2. The Bertz CT molecular complexity index is 490. The van der Waals surface area contributed by atoms with E-state index in [1.165, 1.54) is 25.7 Å². The Labute approximate surface area is 125 Å². The first-order chi connectivity index (χ1) is 10.3. The highest BCUT2D eigenvalue weighted by Gasteiger charge is 2.31. The molecule has 1 saturated carbocycles. The topological polar surface area (TPSA) is 49.4 Å². The molecule has 0 spiro atoms. The van der Waals surface area contributed by atoms with Gasteiger partial charge in [0, 0.05) is 25.2 Å². The van der Waals surface area contributed by atoms with Gasteiger partial charge in [-0.3, -0.25) is 9.59 Å². The van der Waals surface area contributed by atoms with Gasteiger partial charge in [-0.05, 0) is 55.2 Å². The van der Waals surface area contributed by atoms with Crippen molar-refractivity contribution in [1.29, 1.82) is 0 Å². The van der Waals surface area contributed by atoms with Crippen LogP contribution in [0.4, 0.5) is 0 Å². The zero-order valence-corrected chi connectivity index (χ0v) is 12.3. The predicted octanol–water partition coefficient (Wildman–Crippen LogP) is 2.19. The largest absolute Gasteiger partial charge is 0.355 e. The van der Waals surface area contributed by atoms with Crippen LogP contribution in [0.1, 0.15) is 41.6 Å². The third-order valence-corrected chi connectivity index (χ3v) is 4.80. The maximum absolute atomic E-state index is 12.7. The smallest absolute Gasteiger partial charge is 0.253 e.